The summed E-state index contributed by atoms with van der Waals surface area (Å²) in [4.78, 5) is 26.0. The van der Waals surface area contributed by atoms with E-state index in [2.05, 4.69) is 9.37 Å². The SMILES string of the molecule is COc1ccc(Oc2ccc(C(=O)c3ccc(COc4ccc(C(=O)c5ccc(C)cc5)cc4)c(SOOO)c3)cc2S(=O)(=O)O)cc1. The van der Waals surface area contributed by atoms with Crippen LogP contribution in [-0.4, -0.2) is 36.9 Å². The number of carbonyl (C=O) groups is 2. The molecule has 0 amide bonds. The van der Waals surface area contributed by atoms with Crippen LogP contribution in [0.4, 0.5) is 0 Å². The Morgan fingerprint density at radius 2 is 1.25 bits per heavy atom. The molecule has 13 heteroatoms. The third-order valence-corrected chi connectivity index (χ3v) is 8.64. The molecule has 5 aromatic rings. The summed E-state index contributed by atoms with van der Waals surface area (Å²) in [6.07, 6.45) is 0. The van der Waals surface area contributed by atoms with Crippen molar-refractivity contribution in [1.82, 2.24) is 0 Å². The minimum Gasteiger partial charge on any atom is -0.497 e. The summed E-state index contributed by atoms with van der Waals surface area (Å²) in [6.45, 7) is 1.96. The number of rotatable bonds is 14. The highest BCUT2D eigenvalue weighted by atomic mass is 32.2. The van der Waals surface area contributed by atoms with Crippen molar-refractivity contribution in [3.05, 3.63) is 143 Å². The highest BCUT2D eigenvalue weighted by Crippen LogP contribution is 2.33. The molecule has 0 saturated heterocycles. The maximum Gasteiger partial charge on any atom is 0.298 e. The molecule has 0 fully saturated rings. The third kappa shape index (κ3) is 8.46. The molecule has 48 heavy (non-hydrogen) atoms. The average Bonchev–Trinajstić information content (AvgIpc) is 3.10. The van der Waals surface area contributed by atoms with Gasteiger partial charge in [-0.25, -0.2) is 5.26 Å². The van der Waals surface area contributed by atoms with Gasteiger partial charge in [0.05, 0.1) is 19.2 Å². The summed E-state index contributed by atoms with van der Waals surface area (Å²) < 4.78 is 55.7. The van der Waals surface area contributed by atoms with Gasteiger partial charge in [0.25, 0.3) is 10.1 Å². The van der Waals surface area contributed by atoms with E-state index in [1.165, 1.54) is 31.4 Å². The second-order valence-electron chi connectivity index (χ2n) is 10.3. The van der Waals surface area contributed by atoms with E-state index in [4.69, 9.17) is 19.5 Å². The average molecular weight is 689 g/mol. The Bertz CT molecular complexity index is 2030. The van der Waals surface area contributed by atoms with Crippen molar-refractivity contribution in [2.45, 2.75) is 23.3 Å². The first-order chi connectivity index (χ1) is 23.0. The first-order valence-electron chi connectivity index (χ1n) is 14.2. The topological polar surface area (TPSA) is 155 Å². The predicted octanol–water partition coefficient (Wildman–Crippen LogP) is 7.51. The maximum absolute atomic E-state index is 13.5. The van der Waals surface area contributed by atoms with E-state index < -0.39 is 20.8 Å². The minimum atomic E-state index is -4.79. The Morgan fingerprint density at radius 3 is 1.88 bits per heavy atom. The van der Waals surface area contributed by atoms with Gasteiger partial charge in [0, 0.05) is 32.7 Å². The van der Waals surface area contributed by atoms with Gasteiger partial charge in [-0.05, 0) is 79.7 Å². The van der Waals surface area contributed by atoms with Crippen LogP contribution in [0.25, 0.3) is 0 Å². The van der Waals surface area contributed by atoms with Crippen molar-refractivity contribution >= 4 is 33.7 Å². The number of ketones is 2. The van der Waals surface area contributed by atoms with Crippen LogP contribution in [0.1, 0.15) is 43.0 Å². The van der Waals surface area contributed by atoms with Crippen LogP contribution in [0.15, 0.2) is 119 Å². The van der Waals surface area contributed by atoms with Crippen molar-refractivity contribution in [3.8, 4) is 23.0 Å². The molecule has 0 unspecified atom stereocenters. The van der Waals surface area contributed by atoms with E-state index in [0.29, 0.717) is 45.1 Å². The van der Waals surface area contributed by atoms with Crippen LogP contribution in [0.2, 0.25) is 0 Å². The molecular weight excluding hydrogens is 661 g/mol. The van der Waals surface area contributed by atoms with Crippen LogP contribution < -0.4 is 14.2 Å². The van der Waals surface area contributed by atoms with E-state index in [0.717, 1.165) is 11.6 Å². The first kappa shape index (κ1) is 34.3. The van der Waals surface area contributed by atoms with Gasteiger partial charge >= 0.3 is 0 Å². The quantitative estimate of drug-likeness (QED) is 0.0390. The molecule has 0 radical (unpaired) electrons. The van der Waals surface area contributed by atoms with Crippen LogP contribution in [0.5, 0.6) is 23.0 Å². The maximum atomic E-state index is 13.5. The fourth-order valence-electron chi connectivity index (χ4n) is 4.55. The normalized spacial score (nSPS) is 11.2. The molecule has 0 aliphatic heterocycles. The number of hydrogen-bond donors (Lipinski definition) is 2. The van der Waals surface area contributed by atoms with Crippen LogP contribution in [-0.2, 0) is 26.1 Å². The lowest BCUT2D eigenvalue weighted by molar-refractivity contribution is -0.432. The number of ether oxygens (including phenoxy) is 3. The van der Waals surface area contributed by atoms with Gasteiger partial charge in [-0.2, -0.15) is 8.42 Å². The zero-order valence-electron chi connectivity index (χ0n) is 25.5. The molecule has 0 heterocycles. The first-order valence-corrected chi connectivity index (χ1v) is 16.3. The summed E-state index contributed by atoms with van der Waals surface area (Å²) in [7, 11) is -3.30. The third-order valence-electron chi connectivity index (χ3n) is 7.08. The smallest absolute Gasteiger partial charge is 0.298 e. The Morgan fingerprint density at radius 1 is 0.708 bits per heavy atom. The van der Waals surface area contributed by atoms with Gasteiger partial charge in [0.2, 0.25) is 0 Å². The molecule has 0 atom stereocenters. The van der Waals surface area contributed by atoms with E-state index in [-0.39, 0.29) is 35.0 Å². The van der Waals surface area contributed by atoms with E-state index >= 15 is 0 Å². The van der Waals surface area contributed by atoms with Crippen molar-refractivity contribution in [2.75, 3.05) is 7.11 Å². The number of methoxy groups -OCH3 is 1. The summed E-state index contributed by atoms with van der Waals surface area (Å²) in [5, 5.41) is 12.5. The molecule has 0 spiro atoms. The molecule has 0 bridgehead atoms. The second kappa shape index (κ2) is 15.3. The summed E-state index contributed by atoms with van der Waals surface area (Å²) >= 11 is 0.614. The van der Waals surface area contributed by atoms with Crippen LogP contribution >= 0.6 is 12.0 Å². The highest BCUT2D eigenvalue weighted by Gasteiger charge is 2.22. The molecule has 246 valence electrons. The Hall–Kier alpha value is -5.02. The van der Waals surface area contributed by atoms with E-state index in [1.807, 2.05) is 19.1 Å². The van der Waals surface area contributed by atoms with E-state index in [9.17, 15) is 22.6 Å². The molecular formula is C35H28O11S2. The van der Waals surface area contributed by atoms with Crippen molar-refractivity contribution < 1.29 is 51.4 Å². The van der Waals surface area contributed by atoms with Crippen molar-refractivity contribution in [2.24, 2.45) is 0 Å². The standard InChI is InChI=1S/C35H28O11S2/c1-22-3-5-23(6-4-22)34(36)24-9-12-29(13-10-24)43-21-27-8-7-25(19-32(27)47-46-45-38)35(37)26-11-18-31(33(20-26)48(39,40)41)44-30-16-14-28(42-2)15-17-30/h3-20,38H,21H2,1-2H3,(H,39,40,41). The molecule has 0 aliphatic carbocycles. The fraction of sp³-hybridized carbons (Fsp3) is 0.0857. The number of carbonyl (C=O) groups excluding carboxylic acids is 2. The largest absolute Gasteiger partial charge is 0.497 e. The Kier molecular flexibility index (Phi) is 10.9. The lowest BCUT2D eigenvalue weighted by atomic mass is 10.0. The number of hydrogen-bond acceptors (Lipinski definition) is 11. The summed E-state index contributed by atoms with van der Waals surface area (Å²) in [5.74, 6) is 0.417. The Balaban J connectivity index is 1.33. The second-order valence-corrected chi connectivity index (χ2v) is 12.4. The molecule has 0 saturated carbocycles. The van der Waals surface area contributed by atoms with Gasteiger partial charge in [-0.3, -0.25) is 14.1 Å². The van der Waals surface area contributed by atoms with Gasteiger partial charge in [-0.1, -0.05) is 47.0 Å². The minimum absolute atomic E-state index is 0.0150. The highest BCUT2D eigenvalue weighted by molar-refractivity contribution is 7.94. The lowest BCUT2D eigenvalue weighted by Crippen LogP contribution is -2.07. The van der Waals surface area contributed by atoms with Gasteiger partial charge in [0.15, 0.2) is 11.6 Å². The summed E-state index contributed by atoms with van der Waals surface area (Å²) in [5.41, 5.74) is 2.75. The Labute approximate surface area is 280 Å². The predicted molar refractivity (Wildman–Crippen MR) is 175 cm³/mol. The monoisotopic (exact) mass is 688 g/mol. The molecule has 0 aromatic heterocycles. The zero-order valence-corrected chi connectivity index (χ0v) is 27.1. The molecule has 11 nitrogen and oxygen atoms in total. The van der Waals surface area contributed by atoms with Crippen molar-refractivity contribution in [1.29, 1.82) is 0 Å². The van der Waals surface area contributed by atoms with Crippen LogP contribution in [0, 0.1) is 6.92 Å². The van der Waals surface area contributed by atoms with Gasteiger partial charge in [-0.15, -0.1) is 4.33 Å². The van der Waals surface area contributed by atoms with E-state index in [1.54, 1.807) is 66.7 Å². The number of benzene rings is 5. The molecule has 0 aliphatic rings. The van der Waals surface area contributed by atoms with Gasteiger partial charge < -0.3 is 14.2 Å². The fourth-order valence-corrected chi connectivity index (χ4v) is 5.70. The summed E-state index contributed by atoms with van der Waals surface area (Å²) in [6, 6.07) is 28.4. The molecule has 2 N–H and O–H groups in total. The van der Waals surface area contributed by atoms with Gasteiger partial charge in [0.1, 0.15) is 34.5 Å². The van der Waals surface area contributed by atoms with Crippen molar-refractivity contribution in [3.63, 3.8) is 0 Å². The molecule has 5 rings (SSSR count). The zero-order chi connectivity index (χ0) is 34.3. The lowest BCUT2D eigenvalue weighted by Gasteiger charge is -2.13. The molecule has 5 aromatic carbocycles. The number of aryl methyl sites for hydroxylation is 1. The van der Waals surface area contributed by atoms with Crippen LogP contribution in [0.3, 0.4) is 0 Å².